The summed E-state index contributed by atoms with van der Waals surface area (Å²) < 4.78 is 6.45. The van der Waals surface area contributed by atoms with Gasteiger partial charge in [0.15, 0.2) is 0 Å². The Balaban J connectivity index is 2.16. The molecule has 1 aromatic rings. The Morgan fingerprint density at radius 3 is 3.00 bits per heavy atom. The van der Waals surface area contributed by atoms with Gasteiger partial charge < -0.3 is 15.2 Å². The van der Waals surface area contributed by atoms with Crippen molar-refractivity contribution in [2.24, 2.45) is 0 Å². The molecule has 5 heteroatoms. The third-order valence-electron chi connectivity index (χ3n) is 3.12. The van der Waals surface area contributed by atoms with E-state index >= 15 is 0 Å². The summed E-state index contributed by atoms with van der Waals surface area (Å²) in [6.45, 7) is 2.81. The van der Waals surface area contributed by atoms with Gasteiger partial charge in [0.25, 0.3) is 0 Å². The third kappa shape index (κ3) is 3.03. The van der Waals surface area contributed by atoms with Crippen LogP contribution in [-0.4, -0.2) is 29.8 Å². The minimum atomic E-state index is -0.926. The Hall–Kier alpha value is -1.07. The van der Waals surface area contributed by atoms with Crippen molar-refractivity contribution in [3.05, 3.63) is 28.2 Å². The largest absolute Gasteiger partial charge is 0.478 e. The average Bonchev–Trinajstić information content (AvgIpc) is 2.81. The van der Waals surface area contributed by atoms with E-state index in [1.54, 1.807) is 18.2 Å². The summed E-state index contributed by atoms with van der Waals surface area (Å²) in [5.41, 5.74) is 0.905. The molecule has 98 valence electrons. The topological polar surface area (TPSA) is 58.6 Å². The van der Waals surface area contributed by atoms with E-state index < -0.39 is 5.97 Å². The van der Waals surface area contributed by atoms with Crippen LogP contribution in [0.2, 0.25) is 0 Å². The van der Waals surface area contributed by atoms with E-state index in [1.807, 2.05) is 6.92 Å². The summed E-state index contributed by atoms with van der Waals surface area (Å²) in [5.74, 6) is -0.926. The molecular weight excluding hydrogens is 298 g/mol. The standard InChI is InChI=1S/C13H16BrNO3/c1-8(12-3-2-6-18-12)15-11-7-9(14)4-5-10(11)13(16)17/h4-5,7-8,12,15H,2-3,6H2,1H3,(H,16,17). The fourth-order valence-electron chi connectivity index (χ4n) is 2.16. The SMILES string of the molecule is CC(Nc1cc(Br)ccc1C(=O)O)C1CCCO1. The summed E-state index contributed by atoms with van der Waals surface area (Å²) in [5, 5.41) is 12.4. The number of nitrogens with one attached hydrogen (secondary N) is 1. The van der Waals surface area contributed by atoms with Crippen molar-refractivity contribution < 1.29 is 14.6 Å². The number of anilines is 1. The van der Waals surface area contributed by atoms with Crippen LogP contribution in [0.4, 0.5) is 5.69 Å². The number of rotatable bonds is 4. The van der Waals surface area contributed by atoms with Crippen LogP contribution in [0.1, 0.15) is 30.1 Å². The molecule has 0 aliphatic carbocycles. The van der Waals surface area contributed by atoms with Crippen molar-refractivity contribution in [1.82, 2.24) is 0 Å². The highest BCUT2D eigenvalue weighted by molar-refractivity contribution is 9.10. The average molecular weight is 314 g/mol. The molecule has 2 rings (SSSR count). The lowest BCUT2D eigenvalue weighted by Gasteiger charge is -2.22. The first kappa shape index (κ1) is 13.4. The molecule has 0 radical (unpaired) electrons. The van der Waals surface area contributed by atoms with Gasteiger partial charge >= 0.3 is 5.97 Å². The lowest BCUT2D eigenvalue weighted by molar-refractivity contribution is 0.0697. The molecule has 1 aliphatic rings. The Bertz CT molecular complexity index is 444. The van der Waals surface area contributed by atoms with Gasteiger partial charge in [0.2, 0.25) is 0 Å². The highest BCUT2D eigenvalue weighted by Crippen LogP contribution is 2.25. The van der Waals surface area contributed by atoms with Crippen molar-refractivity contribution in [2.75, 3.05) is 11.9 Å². The van der Waals surface area contributed by atoms with Crippen molar-refractivity contribution in [2.45, 2.75) is 31.9 Å². The summed E-state index contributed by atoms with van der Waals surface area (Å²) in [7, 11) is 0. The molecule has 0 bridgehead atoms. The van der Waals surface area contributed by atoms with Gasteiger partial charge in [0, 0.05) is 17.1 Å². The molecule has 1 aliphatic heterocycles. The predicted octanol–water partition coefficient (Wildman–Crippen LogP) is 3.13. The summed E-state index contributed by atoms with van der Waals surface area (Å²) in [6, 6.07) is 5.21. The molecule has 1 fully saturated rings. The number of carboxylic acid groups (broad SMARTS) is 1. The Morgan fingerprint density at radius 1 is 1.61 bits per heavy atom. The molecule has 0 saturated carbocycles. The molecule has 1 aromatic carbocycles. The molecule has 18 heavy (non-hydrogen) atoms. The first-order chi connectivity index (χ1) is 8.58. The van der Waals surface area contributed by atoms with Crippen LogP contribution in [0.25, 0.3) is 0 Å². The minimum absolute atomic E-state index is 0.0971. The molecule has 0 aromatic heterocycles. The Labute approximate surface area is 114 Å². The fraction of sp³-hybridized carbons (Fsp3) is 0.462. The maximum absolute atomic E-state index is 11.1. The number of carbonyl (C=O) groups is 1. The zero-order valence-electron chi connectivity index (χ0n) is 10.1. The zero-order valence-corrected chi connectivity index (χ0v) is 11.7. The van der Waals surface area contributed by atoms with Gasteiger partial charge in [-0.25, -0.2) is 4.79 Å². The van der Waals surface area contributed by atoms with Gasteiger partial charge in [-0.1, -0.05) is 15.9 Å². The molecule has 2 unspecified atom stereocenters. The van der Waals surface area contributed by atoms with Gasteiger partial charge in [-0.2, -0.15) is 0 Å². The maximum atomic E-state index is 11.1. The van der Waals surface area contributed by atoms with Crippen LogP contribution in [0, 0.1) is 0 Å². The molecule has 2 atom stereocenters. The molecule has 0 amide bonds. The maximum Gasteiger partial charge on any atom is 0.337 e. The van der Waals surface area contributed by atoms with Crippen LogP contribution in [-0.2, 0) is 4.74 Å². The molecular formula is C13H16BrNO3. The van der Waals surface area contributed by atoms with Crippen LogP contribution < -0.4 is 5.32 Å². The number of halogens is 1. The van der Waals surface area contributed by atoms with Crippen LogP contribution in [0.15, 0.2) is 22.7 Å². The number of benzene rings is 1. The first-order valence-electron chi connectivity index (χ1n) is 5.99. The van der Waals surface area contributed by atoms with E-state index in [-0.39, 0.29) is 17.7 Å². The van der Waals surface area contributed by atoms with E-state index in [1.165, 1.54) is 0 Å². The summed E-state index contributed by atoms with van der Waals surface area (Å²) in [6.07, 6.45) is 2.25. The number of hydrogen-bond acceptors (Lipinski definition) is 3. The van der Waals surface area contributed by atoms with Gasteiger partial charge in [0.1, 0.15) is 0 Å². The number of ether oxygens (including phenoxy) is 1. The van der Waals surface area contributed by atoms with E-state index in [2.05, 4.69) is 21.2 Å². The molecule has 1 heterocycles. The second-order valence-electron chi connectivity index (χ2n) is 4.48. The highest BCUT2D eigenvalue weighted by Gasteiger charge is 2.23. The van der Waals surface area contributed by atoms with Crippen molar-refractivity contribution >= 4 is 27.6 Å². The second kappa shape index (κ2) is 5.71. The lowest BCUT2D eigenvalue weighted by atomic mass is 10.1. The van der Waals surface area contributed by atoms with Crippen LogP contribution >= 0.6 is 15.9 Å². The number of carboxylic acids is 1. The molecule has 4 nitrogen and oxygen atoms in total. The van der Waals surface area contributed by atoms with Crippen LogP contribution in [0.3, 0.4) is 0 Å². The Morgan fingerprint density at radius 2 is 2.39 bits per heavy atom. The minimum Gasteiger partial charge on any atom is -0.478 e. The molecule has 1 saturated heterocycles. The number of hydrogen-bond donors (Lipinski definition) is 2. The van der Waals surface area contributed by atoms with E-state index in [4.69, 9.17) is 9.84 Å². The van der Waals surface area contributed by atoms with Crippen molar-refractivity contribution in [1.29, 1.82) is 0 Å². The van der Waals surface area contributed by atoms with E-state index in [0.29, 0.717) is 5.69 Å². The summed E-state index contributed by atoms with van der Waals surface area (Å²) >= 11 is 3.35. The van der Waals surface area contributed by atoms with Crippen LogP contribution in [0.5, 0.6) is 0 Å². The first-order valence-corrected chi connectivity index (χ1v) is 6.78. The van der Waals surface area contributed by atoms with Crippen molar-refractivity contribution in [3.63, 3.8) is 0 Å². The van der Waals surface area contributed by atoms with Gasteiger partial charge in [0.05, 0.1) is 17.4 Å². The van der Waals surface area contributed by atoms with Gasteiger partial charge in [-0.3, -0.25) is 0 Å². The zero-order chi connectivity index (χ0) is 13.1. The lowest BCUT2D eigenvalue weighted by Crippen LogP contribution is -2.30. The van der Waals surface area contributed by atoms with Gasteiger partial charge in [-0.05, 0) is 38.0 Å². The fourth-order valence-corrected chi connectivity index (χ4v) is 2.52. The molecule has 2 N–H and O–H groups in total. The Kier molecular flexibility index (Phi) is 4.24. The number of aromatic carboxylic acids is 1. The van der Waals surface area contributed by atoms with Crippen molar-refractivity contribution in [3.8, 4) is 0 Å². The smallest absolute Gasteiger partial charge is 0.337 e. The van der Waals surface area contributed by atoms with E-state index in [0.717, 1.165) is 23.9 Å². The van der Waals surface area contributed by atoms with E-state index in [9.17, 15) is 4.79 Å². The third-order valence-corrected chi connectivity index (χ3v) is 3.61. The monoisotopic (exact) mass is 313 g/mol. The normalized spacial score (nSPS) is 20.7. The predicted molar refractivity (Wildman–Crippen MR) is 73.2 cm³/mol. The second-order valence-corrected chi connectivity index (χ2v) is 5.40. The van der Waals surface area contributed by atoms with Gasteiger partial charge in [-0.15, -0.1) is 0 Å². The highest BCUT2D eigenvalue weighted by atomic mass is 79.9. The summed E-state index contributed by atoms with van der Waals surface area (Å²) in [4.78, 5) is 11.1. The molecule has 0 spiro atoms. The quantitative estimate of drug-likeness (QED) is 0.896.